The molecule has 0 bridgehead atoms. The first-order chi connectivity index (χ1) is 9.20. The maximum Gasteiger partial charge on any atom is 0.251 e. The van der Waals surface area contributed by atoms with Crippen molar-refractivity contribution in [1.29, 1.82) is 0 Å². The second kappa shape index (κ2) is 5.95. The monoisotopic (exact) mass is 260 g/mol. The van der Waals surface area contributed by atoms with Crippen LogP contribution in [0.1, 0.15) is 16.1 Å². The van der Waals surface area contributed by atoms with Crippen molar-refractivity contribution in [2.24, 2.45) is 0 Å². The van der Waals surface area contributed by atoms with Crippen LogP contribution in [0.3, 0.4) is 0 Å². The first kappa shape index (κ1) is 13.0. The fourth-order valence-corrected chi connectivity index (χ4v) is 1.58. The van der Waals surface area contributed by atoms with Crippen LogP contribution in [-0.2, 0) is 6.54 Å². The molecular weight excluding hydrogens is 247 g/mol. The smallest absolute Gasteiger partial charge is 0.251 e. The number of hydrogen-bond donors (Lipinski definition) is 1. The molecule has 0 aliphatic rings. The highest BCUT2D eigenvalue weighted by molar-refractivity contribution is 5.94. The molecule has 1 amide bonds. The van der Waals surface area contributed by atoms with Crippen LogP contribution in [0.5, 0.6) is 5.75 Å². The number of hydrogen-bond acceptors (Lipinski definition) is 3. The van der Waals surface area contributed by atoms with Gasteiger partial charge in [-0.1, -0.05) is 6.07 Å². The number of nitrogens with zero attached hydrogens (tertiary/aromatic N) is 1. The Bertz CT molecular complexity index is 587. The van der Waals surface area contributed by atoms with Crippen molar-refractivity contribution in [3.63, 3.8) is 0 Å². The number of methoxy groups -OCH3 is 1. The Morgan fingerprint density at radius 1 is 1.37 bits per heavy atom. The van der Waals surface area contributed by atoms with Crippen LogP contribution in [0.15, 0.2) is 42.6 Å². The van der Waals surface area contributed by atoms with E-state index in [-0.39, 0.29) is 18.1 Å². The van der Waals surface area contributed by atoms with Gasteiger partial charge >= 0.3 is 0 Å². The van der Waals surface area contributed by atoms with Crippen molar-refractivity contribution in [1.82, 2.24) is 10.3 Å². The lowest BCUT2D eigenvalue weighted by Crippen LogP contribution is -2.23. The third-order valence-corrected chi connectivity index (χ3v) is 2.58. The highest BCUT2D eigenvalue weighted by atomic mass is 19.1. The van der Waals surface area contributed by atoms with E-state index in [0.717, 1.165) is 0 Å². The van der Waals surface area contributed by atoms with Crippen LogP contribution in [0.2, 0.25) is 0 Å². The average molecular weight is 260 g/mol. The van der Waals surface area contributed by atoms with E-state index in [9.17, 15) is 9.18 Å². The molecule has 2 aromatic rings. The lowest BCUT2D eigenvalue weighted by Gasteiger charge is -2.06. The summed E-state index contributed by atoms with van der Waals surface area (Å²) in [6, 6.07) is 9.55. The highest BCUT2D eigenvalue weighted by Gasteiger charge is 2.08. The number of carbonyl (C=O) groups excluding carboxylic acids is 1. The molecule has 0 aliphatic heterocycles. The minimum absolute atomic E-state index is 0.0444. The molecule has 1 aromatic heterocycles. The lowest BCUT2D eigenvalue weighted by atomic mass is 10.2. The number of nitrogens with one attached hydrogen (secondary N) is 1. The van der Waals surface area contributed by atoms with Gasteiger partial charge in [-0.3, -0.25) is 9.78 Å². The van der Waals surface area contributed by atoms with Gasteiger partial charge in [0.1, 0.15) is 11.6 Å². The molecule has 98 valence electrons. The number of halogens is 1. The topological polar surface area (TPSA) is 51.2 Å². The van der Waals surface area contributed by atoms with Crippen molar-refractivity contribution >= 4 is 5.91 Å². The Balaban J connectivity index is 2.03. The standard InChI is InChI=1S/C14H13FN2O2/c1-19-11-5-2-4-10(8-11)14(18)17-9-13-12(15)6-3-7-16-13/h2-8H,9H2,1H3,(H,17,18). The fourth-order valence-electron chi connectivity index (χ4n) is 1.58. The second-order valence-electron chi connectivity index (χ2n) is 3.85. The summed E-state index contributed by atoms with van der Waals surface area (Å²) in [7, 11) is 1.53. The van der Waals surface area contributed by atoms with E-state index in [4.69, 9.17) is 4.74 Å². The lowest BCUT2D eigenvalue weighted by molar-refractivity contribution is 0.0949. The van der Waals surface area contributed by atoms with E-state index in [2.05, 4.69) is 10.3 Å². The summed E-state index contributed by atoms with van der Waals surface area (Å²) in [5.41, 5.74) is 0.662. The maximum absolute atomic E-state index is 13.3. The summed E-state index contributed by atoms with van der Waals surface area (Å²) < 4.78 is 18.4. The third kappa shape index (κ3) is 3.28. The number of ether oxygens (including phenoxy) is 1. The van der Waals surface area contributed by atoms with Crippen LogP contribution in [0.25, 0.3) is 0 Å². The maximum atomic E-state index is 13.3. The minimum atomic E-state index is -0.437. The molecule has 19 heavy (non-hydrogen) atoms. The molecule has 1 heterocycles. The van der Waals surface area contributed by atoms with Gasteiger partial charge in [0.05, 0.1) is 19.3 Å². The van der Waals surface area contributed by atoms with E-state index in [1.165, 1.54) is 25.4 Å². The predicted molar refractivity (Wildman–Crippen MR) is 68.4 cm³/mol. The van der Waals surface area contributed by atoms with E-state index in [1.54, 1.807) is 24.3 Å². The Morgan fingerprint density at radius 2 is 2.21 bits per heavy atom. The first-order valence-electron chi connectivity index (χ1n) is 5.72. The van der Waals surface area contributed by atoms with Crippen molar-refractivity contribution < 1.29 is 13.9 Å². The van der Waals surface area contributed by atoms with Gasteiger partial charge < -0.3 is 10.1 Å². The molecule has 4 nitrogen and oxygen atoms in total. The highest BCUT2D eigenvalue weighted by Crippen LogP contribution is 2.12. The van der Waals surface area contributed by atoms with Crippen LogP contribution in [-0.4, -0.2) is 18.0 Å². The molecule has 0 saturated carbocycles. The van der Waals surface area contributed by atoms with Crippen molar-refractivity contribution in [3.8, 4) is 5.75 Å². The Kier molecular flexibility index (Phi) is 4.07. The largest absolute Gasteiger partial charge is 0.497 e. The van der Waals surface area contributed by atoms with E-state index in [0.29, 0.717) is 11.3 Å². The zero-order chi connectivity index (χ0) is 13.7. The molecule has 5 heteroatoms. The molecule has 0 radical (unpaired) electrons. The molecule has 1 aromatic carbocycles. The van der Waals surface area contributed by atoms with E-state index in [1.807, 2.05) is 0 Å². The van der Waals surface area contributed by atoms with Crippen molar-refractivity contribution in [2.45, 2.75) is 6.54 Å². The van der Waals surface area contributed by atoms with Gasteiger partial charge in [0.25, 0.3) is 5.91 Å². The molecular formula is C14H13FN2O2. The zero-order valence-electron chi connectivity index (χ0n) is 10.4. The molecule has 1 N–H and O–H groups in total. The van der Waals surface area contributed by atoms with E-state index >= 15 is 0 Å². The number of rotatable bonds is 4. The average Bonchev–Trinajstić information content (AvgIpc) is 2.46. The molecule has 0 unspecified atom stereocenters. The zero-order valence-corrected chi connectivity index (χ0v) is 10.4. The van der Waals surface area contributed by atoms with Crippen molar-refractivity contribution in [3.05, 3.63) is 59.7 Å². The first-order valence-corrected chi connectivity index (χ1v) is 5.72. The van der Waals surface area contributed by atoms with E-state index < -0.39 is 5.82 Å². The van der Waals surface area contributed by atoms with Crippen LogP contribution in [0, 0.1) is 5.82 Å². The predicted octanol–water partition coefficient (Wildman–Crippen LogP) is 2.16. The number of aromatic nitrogens is 1. The van der Waals surface area contributed by atoms with Crippen LogP contribution >= 0.6 is 0 Å². The summed E-state index contributed by atoms with van der Waals surface area (Å²) in [5.74, 6) is -0.144. The normalized spacial score (nSPS) is 10.0. The Hall–Kier alpha value is -2.43. The van der Waals surface area contributed by atoms with Gasteiger partial charge in [-0.25, -0.2) is 4.39 Å². The molecule has 0 saturated heterocycles. The third-order valence-electron chi connectivity index (χ3n) is 2.58. The number of amides is 1. The van der Waals surface area contributed by atoms with Crippen molar-refractivity contribution in [2.75, 3.05) is 7.11 Å². The van der Waals surface area contributed by atoms with Crippen LogP contribution in [0.4, 0.5) is 4.39 Å². The van der Waals surface area contributed by atoms with Gasteiger partial charge in [0, 0.05) is 11.8 Å². The molecule has 2 rings (SSSR count). The number of carbonyl (C=O) groups is 1. The molecule has 0 fully saturated rings. The second-order valence-corrected chi connectivity index (χ2v) is 3.85. The summed E-state index contributed by atoms with van der Waals surface area (Å²) in [4.78, 5) is 15.7. The quantitative estimate of drug-likeness (QED) is 0.916. The molecule has 0 spiro atoms. The van der Waals surface area contributed by atoms with Gasteiger partial charge in [0.15, 0.2) is 0 Å². The number of benzene rings is 1. The van der Waals surface area contributed by atoms with Gasteiger partial charge in [-0.15, -0.1) is 0 Å². The molecule has 0 aliphatic carbocycles. The summed E-state index contributed by atoms with van der Waals surface area (Å²) in [5, 5.41) is 2.61. The Labute approximate surface area is 110 Å². The molecule has 0 atom stereocenters. The summed E-state index contributed by atoms with van der Waals surface area (Å²) in [6.07, 6.45) is 1.48. The minimum Gasteiger partial charge on any atom is -0.497 e. The number of pyridine rings is 1. The van der Waals surface area contributed by atoms with Gasteiger partial charge in [-0.05, 0) is 30.3 Å². The fraction of sp³-hybridized carbons (Fsp3) is 0.143. The van der Waals surface area contributed by atoms with Gasteiger partial charge in [-0.2, -0.15) is 0 Å². The summed E-state index contributed by atoms with van der Waals surface area (Å²) in [6.45, 7) is 0.0444. The SMILES string of the molecule is COc1cccc(C(=O)NCc2ncccc2F)c1. The van der Waals surface area contributed by atoms with Gasteiger partial charge in [0.2, 0.25) is 0 Å². The van der Waals surface area contributed by atoms with Crippen LogP contribution < -0.4 is 10.1 Å². The summed E-state index contributed by atoms with van der Waals surface area (Å²) >= 11 is 0. The Morgan fingerprint density at radius 3 is 2.95 bits per heavy atom.